The molecule has 0 aromatic heterocycles. The summed E-state index contributed by atoms with van der Waals surface area (Å²) in [5, 5.41) is 1.13. The molecule has 0 amide bonds. The van der Waals surface area contributed by atoms with E-state index < -0.39 is 0 Å². The molecule has 1 aliphatic heterocycles. The van der Waals surface area contributed by atoms with E-state index in [9.17, 15) is 0 Å². The van der Waals surface area contributed by atoms with Gasteiger partial charge < -0.3 is 0 Å². The Balaban J connectivity index is 1.86. The van der Waals surface area contributed by atoms with Gasteiger partial charge in [-0.05, 0) is 30.5 Å². The first-order valence-electron chi connectivity index (χ1n) is 5.25. The molecule has 0 bridgehead atoms. The Kier molecular flexibility index (Phi) is 3.60. The summed E-state index contributed by atoms with van der Waals surface area (Å²) < 4.78 is 0. The lowest BCUT2D eigenvalue weighted by Gasteiger charge is -2.13. The first-order valence-corrected chi connectivity index (χ1v) is 6.37. The third kappa shape index (κ3) is 2.37. The van der Waals surface area contributed by atoms with Gasteiger partial charge in [0.25, 0.3) is 0 Å². The molecular weight excluding hydrogens is 238 g/mol. The zero-order valence-corrected chi connectivity index (χ0v) is 9.96. The number of nitrogens with zero attached hydrogens (tertiary/aromatic N) is 1. The lowest BCUT2D eigenvalue weighted by Crippen LogP contribution is -2.17. The van der Waals surface area contributed by atoms with Crippen LogP contribution in [0.3, 0.4) is 0 Å². The summed E-state index contributed by atoms with van der Waals surface area (Å²) in [4.78, 5) is 2.54. The zero-order valence-electron chi connectivity index (χ0n) is 8.38. The summed E-state index contributed by atoms with van der Waals surface area (Å²) in [5.41, 5.74) is 3.04. The fourth-order valence-electron chi connectivity index (χ4n) is 1.99. The number of hydrogen-bond acceptors (Lipinski definition) is 1. The van der Waals surface area contributed by atoms with Gasteiger partial charge in [-0.1, -0.05) is 40.2 Å². The molecule has 1 heterocycles. The molecule has 2 heteroatoms. The number of benzene rings is 1. The van der Waals surface area contributed by atoms with E-state index in [2.05, 4.69) is 45.1 Å². The second-order valence-electron chi connectivity index (χ2n) is 3.88. The smallest absolute Gasteiger partial charge is 0.0240 e. The molecule has 0 atom stereocenters. The minimum atomic E-state index is 1.13. The Labute approximate surface area is 94.2 Å². The SMILES string of the molecule is BrCCCCN1Cc2ccccc2C1. The fourth-order valence-corrected chi connectivity index (χ4v) is 2.39. The second kappa shape index (κ2) is 4.94. The molecule has 1 aromatic carbocycles. The highest BCUT2D eigenvalue weighted by Gasteiger charge is 2.16. The van der Waals surface area contributed by atoms with E-state index in [1.165, 1.54) is 30.5 Å². The summed E-state index contributed by atoms with van der Waals surface area (Å²) in [6.45, 7) is 3.54. The molecule has 0 spiro atoms. The Morgan fingerprint density at radius 3 is 2.29 bits per heavy atom. The van der Waals surface area contributed by atoms with Crippen LogP contribution in [0.2, 0.25) is 0 Å². The molecule has 1 aliphatic rings. The Morgan fingerprint density at radius 2 is 1.71 bits per heavy atom. The highest BCUT2D eigenvalue weighted by Crippen LogP contribution is 2.22. The minimum Gasteiger partial charge on any atom is -0.295 e. The minimum absolute atomic E-state index is 1.13. The summed E-state index contributed by atoms with van der Waals surface area (Å²) in [7, 11) is 0. The van der Waals surface area contributed by atoms with Crippen LogP contribution in [-0.2, 0) is 13.1 Å². The van der Waals surface area contributed by atoms with Gasteiger partial charge in [-0.25, -0.2) is 0 Å². The third-order valence-corrected chi connectivity index (χ3v) is 3.32. The van der Waals surface area contributed by atoms with E-state index in [-0.39, 0.29) is 0 Å². The van der Waals surface area contributed by atoms with Gasteiger partial charge in [-0.15, -0.1) is 0 Å². The van der Waals surface area contributed by atoms with Gasteiger partial charge in [0.1, 0.15) is 0 Å². The van der Waals surface area contributed by atoms with Crippen molar-refractivity contribution in [3.05, 3.63) is 35.4 Å². The van der Waals surface area contributed by atoms with Crippen LogP contribution < -0.4 is 0 Å². The molecular formula is C12H16BrN. The van der Waals surface area contributed by atoms with Crippen molar-refractivity contribution in [1.29, 1.82) is 0 Å². The van der Waals surface area contributed by atoms with Crippen LogP contribution >= 0.6 is 15.9 Å². The van der Waals surface area contributed by atoms with Crippen molar-refractivity contribution in [1.82, 2.24) is 4.90 Å². The molecule has 0 saturated carbocycles. The predicted molar refractivity (Wildman–Crippen MR) is 63.6 cm³/mol. The van der Waals surface area contributed by atoms with Gasteiger partial charge in [0.15, 0.2) is 0 Å². The molecule has 0 unspecified atom stereocenters. The van der Waals surface area contributed by atoms with E-state index in [1.807, 2.05) is 0 Å². The van der Waals surface area contributed by atoms with Crippen molar-refractivity contribution in [3.63, 3.8) is 0 Å². The maximum atomic E-state index is 3.47. The molecule has 1 aromatic rings. The summed E-state index contributed by atoms with van der Waals surface area (Å²) in [6, 6.07) is 8.78. The van der Waals surface area contributed by atoms with Crippen molar-refractivity contribution in [2.75, 3.05) is 11.9 Å². The monoisotopic (exact) mass is 253 g/mol. The number of rotatable bonds is 4. The molecule has 1 nitrogen and oxygen atoms in total. The van der Waals surface area contributed by atoms with Crippen LogP contribution in [0.25, 0.3) is 0 Å². The van der Waals surface area contributed by atoms with Gasteiger partial charge in [0.2, 0.25) is 0 Å². The van der Waals surface area contributed by atoms with Gasteiger partial charge in [0, 0.05) is 18.4 Å². The van der Waals surface area contributed by atoms with Gasteiger partial charge in [-0.3, -0.25) is 4.90 Å². The normalized spacial score (nSPS) is 15.8. The van der Waals surface area contributed by atoms with Crippen LogP contribution in [0.15, 0.2) is 24.3 Å². The number of halogens is 1. The van der Waals surface area contributed by atoms with Crippen LogP contribution in [-0.4, -0.2) is 16.8 Å². The van der Waals surface area contributed by atoms with Crippen molar-refractivity contribution in [2.24, 2.45) is 0 Å². The maximum absolute atomic E-state index is 3.47. The largest absolute Gasteiger partial charge is 0.295 e. The number of hydrogen-bond donors (Lipinski definition) is 0. The molecule has 0 radical (unpaired) electrons. The quantitative estimate of drug-likeness (QED) is 0.589. The van der Waals surface area contributed by atoms with Crippen molar-refractivity contribution >= 4 is 15.9 Å². The Hall–Kier alpha value is -0.340. The highest BCUT2D eigenvalue weighted by molar-refractivity contribution is 9.09. The molecule has 2 rings (SSSR count). The molecule has 0 aliphatic carbocycles. The van der Waals surface area contributed by atoms with Crippen LogP contribution in [0, 0.1) is 0 Å². The van der Waals surface area contributed by atoms with E-state index in [1.54, 1.807) is 0 Å². The Morgan fingerprint density at radius 1 is 1.07 bits per heavy atom. The van der Waals surface area contributed by atoms with Crippen LogP contribution in [0.1, 0.15) is 24.0 Å². The van der Waals surface area contributed by atoms with Crippen LogP contribution in [0.4, 0.5) is 0 Å². The Bertz CT molecular complexity index is 273. The first kappa shape index (κ1) is 10.2. The molecule has 0 fully saturated rings. The molecule has 0 N–H and O–H groups in total. The van der Waals surface area contributed by atoms with Gasteiger partial charge in [0.05, 0.1) is 0 Å². The average molecular weight is 254 g/mol. The van der Waals surface area contributed by atoms with Crippen molar-refractivity contribution in [2.45, 2.75) is 25.9 Å². The molecule has 14 heavy (non-hydrogen) atoms. The lowest BCUT2D eigenvalue weighted by atomic mass is 10.1. The number of fused-ring (bicyclic) bond motifs is 1. The summed E-state index contributed by atoms with van der Waals surface area (Å²) in [5.74, 6) is 0. The van der Waals surface area contributed by atoms with E-state index in [0.717, 1.165) is 18.4 Å². The standard InChI is InChI=1S/C12H16BrN/c13-7-3-4-8-14-9-11-5-1-2-6-12(11)10-14/h1-2,5-6H,3-4,7-10H2. The molecule has 0 saturated heterocycles. The zero-order chi connectivity index (χ0) is 9.80. The summed E-state index contributed by atoms with van der Waals surface area (Å²) in [6.07, 6.45) is 2.59. The number of alkyl halides is 1. The molecule has 76 valence electrons. The second-order valence-corrected chi connectivity index (χ2v) is 4.67. The first-order chi connectivity index (χ1) is 6.90. The lowest BCUT2D eigenvalue weighted by molar-refractivity contribution is 0.280. The summed E-state index contributed by atoms with van der Waals surface area (Å²) >= 11 is 3.47. The number of unbranched alkanes of at least 4 members (excludes halogenated alkanes) is 1. The predicted octanol–water partition coefficient (Wildman–Crippen LogP) is 3.18. The average Bonchev–Trinajstić information content (AvgIpc) is 2.60. The van der Waals surface area contributed by atoms with Crippen molar-refractivity contribution in [3.8, 4) is 0 Å². The van der Waals surface area contributed by atoms with E-state index in [4.69, 9.17) is 0 Å². The fraction of sp³-hybridized carbons (Fsp3) is 0.500. The highest BCUT2D eigenvalue weighted by atomic mass is 79.9. The van der Waals surface area contributed by atoms with Gasteiger partial charge >= 0.3 is 0 Å². The van der Waals surface area contributed by atoms with E-state index in [0.29, 0.717) is 0 Å². The third-order valence-electron chi connectivity index (χ3n) is 2.76. The topological polar surface area (TPSA) is 3.24 Å². The van der Waals surface area contributed by atoms with Crippen LogP contribution in [0.5, 0.6) is 0 Å². The van der Waals surface area contributed by atoms with Gasteiger partial charge in [-0.2, -0.15) is 0 Å². The van der Waals surface area contributed by atoms with Crippen molar-refractivity contribution < 1.29 is 0 Å². The van der Waals surface area contributed by atoms with E-state index >= 15 is 0 Å². The maximum Gasteiger partial charge on any atom is 0.0240 e.